The van der Waals surface area contributed by atoms with E-state index in [-0.39, 0.29) is 41.4 Å². The zero-order valence-corrected chi connectivity index (χ0v) is 18.3. The van der Waals surface area contributed by atoms with Gasteiger partial charge in [0.15, 0.2) is 0 Å². The summed E-state index contributed by atoms with van der Waals surface area (Å²) in [6.07, 6.45) is 1.66. The van der Waals surface area contributed by atoms with Crippen LogP contribution in [0, 0.1) is 5.82 Å². The van der Waals surface area contributed by atoms with E-state index in [0.717, 1.165) is 23.3 Å². The molecule has 0 spiro atoms. The van der Waals surface area contributed by atoms with Gasteiger partial charge in [-0.1, -0.05) is 12.1 Å². The summed E-state index contributed by atoms with van der Waals surface area (Å²) in [5.74, 6) is -0.826. The maximum Gasteiger partial charge on any atom is 0.243 e. The second kappa shape index (κ2) is 8.97. The molecule has 10 heteroatoms. The highest BCUT2D eigenvalue weighted by molar-refractivity contribution is 8.00. The van der Waals surface area contributed by atoms with E-state index in [9.17, 15) is 22.4 Å². The van der Waals surface area contributed by atoms with E-state index < -0.39 is 10.0 Å². The minimum absolute atomic E-state index is 0.125. The van der Waals surface area contributed by atoms with E-state index >= 15 is 0 Å². The Morgan fingerprint density at radius 1 is 1.10 bits per heavy atom. The van der Waals surface area contributed by atoms with Crippen LogP contribution in [0.3, 0.4) is 0 Å². The normalized spacial score (nSPS) is 16.9. The van der Waals surface area contributed by atoms with Crippen molar-refractivity contribution in [3.63, 3.8) is 0 Å². The molecule has 4 rings (SSSR count). The van der Waals surface area contributed by atoms with Crippen molar-refractivity contribution < 1.29 is 22.4 Å². The molecule has 2 aromatic carbocycles. The third-order valence-corrected chi connectivity index (χ3v) is 8.22. The molecule has 2 aromatic rings. The highest BCUT2D eigenvalue weighted by atomic mass is 32.2. The van der Waals surface area contributed by atoms with Gasteiger partial charge >= 0.3 is 0 Å². The Balaban J connectivity index is 1.52. The Kier molecular flexibility index (Phi) is 6.31. The maximum atomic E-state index is 13.0. The largest absolute Gasteiger partial charge is 0.350 e. The van der Waals surface area contributed by atoms with Crippen LogP contribution in [0.5, 0.6) is 0 Å². The van der Waals surface area contributed by atoms with Crippen molar-refractivity contribution in [2.24, 2.45) is 0 Å². The molecule has 0 bridgehead atoms. The van der Waals surface area contributed by atoms with Crippen molar-refractivity contribution in [2.75, 3.05) is 30.3 Å². The highest BCUT2D eigenvalue weighted by Crippen LogP contribution is 2.37. The van der Waals surface area contributed by atoms with Crippen molar-refractivity contribution in [3.8, 4) is 0 Å². The van der Waals surface area contributed by atoms with Crippen LogP contribution in [-0.4, -0.2) is 49.9 Å². The Labute approximate surface area is 184 Å². The first-order chi connectivity index (χ1) is 14.8. The van der Waals surface area contributed by atoms with Gasteiger partial charge in [-0.05, 0) is 48.7 Å². The molecular formula is C21H22FN3O4S2. The minimum atomic E-state index is -3.64. The van der Waals surface area contributed by atoms with E-state index in [2.05, 4.69) is 5.32 Å². The van der Waals surface area contributed by atoms with Crippen molar-refractivity contribution >= 4 is 39.3 Å². The van der Waals surface area contributed by atoms with Gasteiger partial charge < -0.3 is 10.2 Å². The number of rotatable bonds is 6. The lowest BCUT2D eigenvalue weighted by molar-refractivity contribution is -0.123. The van der Waals surface area contributed by atoms with Crippen LogP contribution in [-0.2, 0) is 26.2 Å². The molecule has 2 aliphatic rings. The molecule has 0 saturated carbocycles. The van der Waals surface area contributed by atoms with Gasteiger partial charge in [0.05, 0.1) is 16.3 Å². The molecule has 2 aliphatic heterocycles. The van der Waals surface area contributed by atoms with Crippen molar-refractivity contribution in [1.82, 2.24) is 9.62 Å². The molecule has 1 fully saturated rings. The molecule has 0 atom stereocenters. The first kappa shape index (κ1) is 21.8. The van der Waals surface area contributed by atoms with Gasteiger partial charge in [-0.2, -0.15) is 4.31 Å². The summed E-state index contributed by atoms with van der Waals surface area (Å²) < 4.78 is 40.3. The number of carbonyl (C=O) groups excluding carboxylic acids is 2. The number of nitrogens with one attached hydrogen (secondary N) is 1. The molecule has 2 heterocycles. The topological polar surface area (TPSA) is 86.8 Å². The summed E-state index contributed by atoms with van der Waals surface area (Å²) >= 11 is 1.32. The van der Waals surface area contributed by atoms with E-state index in [1.807, 2.05) is 0 Å². The molecule has 2 amide bonds. The van der Waals surface area contributed by atoms with Crippen LogP contribution in [0.15, 0.2) is 52.3 Å². The summed E-state index contributed by atoms with van der Waals surface area (Å²) in [5, 5.41) is 2.72. The van der Waals surface area contributed by atoms with Crippen LogP contribution in [0.1, 0.15) is 18.4 Å². The lowest BCUT2D eigenvalue weighted by Crippen LogP contribution is -2.43. The maximum absolute atomic E-state index is 13.0. The fraction of sp³-hybridized carbons (Fsp3) is 0.333. The number of amides is 2. The molecule has 1 saturated heterocycles. The Bertz CT molecular complexity index is 1100. The van der Waals surface area contributed by atoms with Crippen molar-refractivity contribution in [2.45, 2.75) is 29.2 Å². The number of sulfonamides is 1. The predicted molar refractivity (Wildman–Crippen MR) is 116 cm³/mol. The second-order valence-electron chi connectivity index (χ2n) is 7.41. The van der Waals surface area contributed by atoms with Crippen LogP contribution in [0.25, 0.3) is 0 Å². The first-order valence-corrected chi connectivity index (χ1v) is 12.4. The van der Waals surface area contributed by atoms with Crippen LogP contribution >= 0.6 is 11.8 Å². The lowest BCUT2D eigenvalue weighted by atomic mass is 10.2. The fourth-order valence-electron chi connectivity index (χ4n) is 3.60. The van der Waals surface area contributed by atoms with Gasteiger partial charge in [0.25, 0.3) is 0 Å². The van der Waals surface area contributed by atoms with Gasteiger partial charge in [0.2, 0.25) is 21.8 Å². The number of benzene rings is 2. The van der Waals surface area contributed by atoms with Crippen LogP contribution in [0.4, 0.5) is 10.1 Å². The van der Waals surface area contributed by atoms with Crippen molar-refractivity contribution in [3.05, 3.63) is 53.8 Å². The quantitative estimate of drug-likeness (QED) is 0.711. The lowest BCUT2D eigenvalue weighted by Gasteiger charge is -2.29. The molecule has 0 unspecified atom stereocenters. The standard InChI is InChI=1S/C21H22FN3O4S2/c22-16-5-3-15(4-6-16)12-23-20(26)13-25-18-11-17(7-8-19(18)30-14-21(25)27)31(28,29)24-9-1-2-10-24/h3-8,11H,1-2,9-10,12-14H2,(H,23,26). The number of carbonyl (C=O) groups is 2. The zero-order valence-electron chi connectivity index (χ0n) is 16.7. The zero-order chi connectivity index (χ0) is 22.0. The monoisotopic (exact) mass is 463 g/mol. The summed E-state index contributed by atoms with van der Waals surface area (Å²) in [6, 6.07) is 10.5. The highest BCUT2D eigenvalue weighted by Gasteiger charge is 2.31. The summed E-state index contributed by atoms with van der Waals surface area (Å²) in [6.45, 7) is 0.956. The smallest absolute Gasteiger partial charge is 0.243 e. The van der Waals surface area contributed by atoms with Crippen molar-refractivity contribution in [1.29, 1.82) is 0 Å². The average Bonchev–Trinajstić information content (AvgIpc) is 3.31. The molecule has 31 heavy (non-hydrogen) atoms. The molecule has 1 N–H and O–H groups in total. The number of nitrogens with zero attached hydrogens (tertiary/aromatic N) is 2. The predicted octanol–water partition coefficient (Wildman–Crippen LogP) is 2.37. The minimum Gasteiger partial charge on any atom is -0.350 e. The van der Waals surface area contributed by atoms with Gasteiger partial charge in [0.1, 0.15) is 12.4 Å². The average molecular weight is 464 g/mol. The number of anilines is 1. The Morgan fingerprint density at radius 3 is 2.52 bits per heavy atom. The summed E-state index contributed by atoms with van der Waals surface area (Å²) in [5.41, 5.74) is 1.16. The molecular weight excluding hydrogens is 441 g/mol. The SMILES string of the molecule is O=C(CN1C(=O)CSc2ccc(S(=O)(=O)N3CCCC3)cc21)NCc1ccc(F)cc1. The van der Waals surface area contributed by atoms with Crippen LogP contribution in [0.2, 0.25) is 0 Å². The Hall–Kier alpha value is -2.43. The van der Waals surface area contributed by atoms with E-state index in [1.165, 1.54) is 39.2 Å². The third-order valence-electron chi connectivity index (χ3n) is 5.28. The van der Waals surface area contributed by atoms with Gasteiger partial charge in [-0.25, -0.2) is 12.8 Å². The summed E-state index contributed by atoms with van der Waals surface area (Å²) in [4.78, 5) is 27.2. The number of fused-ring (bicyclic) bond motifs is 1. The fourth-order valence-corrected chi connectivity index (χ4v) is 6.05. The van der Waals surface area contributed by atoms with Gasteiger partial charge in [-0.15, -0.1) is 11.8 Å². The molecule has 0 aliphatic carbocycles. The van der Waals surface area contributed by atoms with Crippen LogP contribution < -0.4 is 10.2 Å². The molecule has 164 valence electrons. The molecule has 7 nitrogen and oxygen atoms in total. The van der Waals surface area contributed by atoms with E-state index in [1.54, 1.807) is 24.3 Å². The third kappa shape index (κ3) is 4.76. The summed E-state index contributed by atoms with van der Waals surface area (Å²) in [7, 11) is -3.64. The van der Waals surface area contributed by atoms with E-state index in [4.69, 9.17) is 0 Å². The number of thioether (sulfide) groups is 1. The van der Waals surface area contributed by atoms with Gasteiger partial charge in [-0.3, -0.25) is 9.59 Å². The first-order valence-electron chi connectivity index (χ1n) is 9.93. The van der Waals surface area contributed by atoms with E-state index in [0.29, 0.717) is 18.8 Å². The second-order valence-corrected chi connectivity index (χ2v) is 10.4. The number of hydrogen-bond acceptors (Lipinski definition) is 5. The number of halogens is 1. The molecule has 0 aromatic heterocycles. The van der Waals surface area contributed by atoms with Gasteiger partial charge in [0, 0.05) is 24.5 Å². The number of hydrogen-bond donors (Lipinski definition) is 1. The Morgan fingerprint density at radius 2 is 1.81 bits per heavy atom. The molecule has 0 radical (unpaired) electrons.